The van der Waals surface area contributed by atoms with Gasteiger partial charge in [0.1, 0.15) is 4.75 Å². The Hall–Kier alpha value is -0.170. The van der Waals surface area contributed by atoms with E-state index in [1.165, 1.54) is 0 Å². The highest BCUT2D eigenvalue weighted by Gasteiger charge is 2.79. The standard InChI is InChI=1S/C12H20O5S/c1-11(9-4-2-6-16-9)8-12(11,18(13,14)15)10-5-3-7-17-10/h9-10H,2-8H2,1H3,(H,13,14,15). The normalized spacial score (nSPS) is 48.6. The molecule has 3 fully saturated rings. The van der Waals surface area contributed by atoms with Gasteiger partial charge in [-0.2, -0.15) is 8.42 Å². The summed E-state index contributed by atoms with van der Waals surface area (Å²) in [5.74, 6) is 0. The predicted octanol–water partition coefficient (Wildman–Crippen LogP) is 1.38. The first-order chi connectivity index (χ1) is 8.42. The molecule has 1 N–H and O–H groups in total. The van der Waals surface area contributed by atoms with Crippen molar-refractivity contribution in [1.82, 2.24) is 0 Å². The van der Waals surface area contributed by atoms with Crippen LogP contribution in [0.5, 0.6) is 0 Å². The topological polar surface area (TPSA) is 72.8 Å². The van der Waals surface area contributed by atoms with Gasteiger partial charge < -0.3 is 9.47 Å². The van der Waals surface area contributed by atoms with Crippen molar-refractivity contribution in [2.75, 3.05) is 13.2 Å². The van der Waals surface area contributed by atoms with Gasteiger partial charge in [-0.1, -0.05) is 6.92 Å². The molecule has 0 aromatic rings. The molecule has 0 spiro atoms. The largest absolute Gasteiger partial charge is 0.378 e. The quantitative estimate of drug-likeness (QED) is 0.788. The summed E-state index contributed by atoms with van der Waals surface area (Å²) in [6.45, 7) is 3.19. The zero-order valence-corrected chi connectivity index (χ0v) is 11.4. The molecule has 2 heterocycles. The maximum atomic E-state index is 11.9. The second-order valence-electron chi connectivity index (χ2n) is 5.96. The Kier molecular flexibility index (Phi) is 2.79. The lowest BCUT2D eigenvalue weighted by molar-refractivity contribution is 0.0298. The van der Waals surface area contributed by atoms with Crippen molar-refractivity contribution in [2.24, 2.45) is 5.41 Å². The number of ether oxygens (including phenoxy) is 2. The lowest BCUT2D eigenvalue weighted by Crippen LogP contribution is -2.44. The van der Waals surface area contributed by atoms with Crippen LogP contribution in [0.1, 0.15) is 39.0 Å². The van der Waals surface area contributed by atoms with E-state index in [0.717, 1.165) is 19.3 Å². The van der Waals surface area contributed by atoms with Crippen LogP contribution < -0.4 is 0 Å². The Labute approximate surface area is 108 Å². The molecule has 2 saturated heterocycles. The maximum absolute atomic E-state index is 11.9. The summed E-state index contributed by atoms with van der Waals surface area (Å²) in [5, 5.41) is 0. The third-order valence-corrected chi connectivity index (χ3v) is 6.82. The third-order valence-electron chi connectivity index (χ3n) is 5.02. The van der Waals surface area contributed by atoms with Crippen molar-refractivity contribution in [3.63, 3.8) is 0 Å². The Morgan fingerprint density at radius 3 is 2.11 bits per heavy atom. The monoisotopic (exact) mass is 276 g/mol. The van der Waals surface area contributed by atoms with Crippen LogP contribution in [0, 0.1) is 5.41 Å². The van der Waals surface area contributed by atoms with Crippen molar-refractivity contribution in [1.29, 1.82) is 0 Å². The highest BCUT2D eigenvalue weighted by Crippen LogP contribution is 2.68. The molecule has 2 aliphatic heterocycles. The molecule has 0 amide bonds. The summed E-state index contributed by atoms with van der Waals surface area (Å²) in [4.78, 5) is 0. The van der Waals surface area contributed by atoms with E-state index in [-0.39, 0.29) is 12.2 Å². The molecule has 5 nitrogen and oxygen atoms in total. The lowest BCUT2D eigenvalue weighted by Gasteiger charge is -2.28. The second-order valence-corrected chi connectivity index (χ2v) is 7.64. The van der Waals surface area contributed by atoms with Gasteiger partial charge in [-0.05, 0) is 32.1 Å². The third kappa shape index (κ3) is 1.52. The maximum Gasteiger partial charge on any atom is 0.273 e. The van der Waals surface area contributed by atoms with Crippen LogP contribution in [0.3, 0.4) is 0 Å². The molecule has 6 heteroatoms. The Morgan fingerprint density at radius 2 is 1.67 bits per heavy atom. The molecule has 0 aromatic heterocycles. The van der Waals surface area contributed by atoms with Gasteiger partial charge in [0.25, 0.3) is 10.1 Å². The predicted molar refractivity (Wildman–Crippen MR) is 65.0 cm³/mol. The number of rotatable bonds is 3. The number of hydrogen-bond donors (Lipinski definition) is 1. The zero-order valence-electron chi connectivity index (χ0n) is 10.6. The van der Waals surface area contributed by atoms with Crippen molar-refractivity contribution in [3.05, 3.63) is 0 Å². The van der Waals surface area contributed by atoms with E-state index in [9.17, 15) is 13.0 Å². The van der Waals surface area contributed by atoms with Crippen molar-refractivity contribution in [3.8, 4) is 0 Å². The van der Waals surface area contributed by atoms with Gasteiger partial charge in [0.2, 0.25) is 0 Å². The van der Waals surface area contributed by atoms with E-state index in [0.29, 0.717) is 26.1 Å². The summed E-state index contributed by atoms with van der Waals surface area (Å²) in [6.07, 6.45) is 3.43. The second kappa shape index (κ2) is 3.91. The molecule has 4 unspecified atom stereocenters. The fourth-order valence-corrected chi connectivity index (χ4v) is 5.67. The smallest absolute Gasteiger partial charge is 0.273 e. The SMILES string of the molecule is CC1(C2CCCO2)CC1(C1CCCO1)S(=O)(=O)O. The van der Waals surface area contributed by atoms with Gasteiger partial charge in [-0.15, -0.1) is 0 Å². The van der Waals surface area contributed by atoms with Crippen molar-refractivity contribution < 1.29 is 22.4 Å². The number of hydrogen-bond acceptors (Lipinski definition) is 4. The van der Waals surface area contributed by atoms with E-state index >= 15 is 0 Å². The molecule has 0 radical (unpaired) electrons. The summed E-state index contributed by atoms with van der Waals surface area (Å²) in [6, 6.07) is 0. The minimum absolute atomic E-state index is 0.0661. The minimum Gasteiger partial charge on any atom is -0.378 e. The van der Waals surface area contributed by atoms with Crippen LogP contribution in [0.15, 0.2) is 0 Å². The van der Waals surface area contributed by atoms with Crippen LogP contribution >= 0.6 is 0 Å². The van der Waals surface area contributed by atoms with E-state index < -0.39 is 20.3 Å². The Morgan fingerprint density at radius 1 is 1.11 bits per heavy atom. The highest BCUT2D eigenvalue weighted by atomic mass is 32.2. The molecular weight excluding hydrogens is 256 g/mol. The average molecular weight is 276 g/mol. The van der Waals surface area contributed by atoms with Gasteiger partial charge in [-0.25, -0.2) is 0 Å². The Bertz CT molecular complexity index is 435. The van der Waals surface area contributed by atoms with Gasteiger partial charge in [-0.3, -0.25) is 4.55 Å². The van der Waals surface area contributed by atoms with Crippen LogP contribution in [-0.2, 0) is 19.6 Å². The highest BCUT2D eigenvalue weighted by molar-refractivity contribution is 7.87. The summed E-state index contributed by atoms with van der Waals surface area (Å²) in [7, 11) is -4.12. The molecule has 3 aliphatic rings. The van der Waals surface area contributed by atoms with E-state index in [4.69, 9.17) is 9.47 Å². The van der Waals surface area contributed by atoms with Gasteiger partial charge >= 0.3 is 0 Å². The first-order valence-electron chi connectivity index (χ1n) is 6.62. The summed E-state index contributed by atoms with van der Waals surface area (Å²) >= 11 is 0. The summed E-state index contributed by atoms with van der Waals surface area (Å²) in [5.41, 5.74) is -0.494. The van der Waals surface area contributed by atoms with Crippen molar-refractivity contribution in [2.45, 2.75) is 56.0 Å². The van der Waals surface area contributed by atoms with Crippen LogP contribution in [0.2, 0.25) is 0 Å². The molecule has 104 valence electrons. The minimum atomic E-state index is -4.12. The van der Waals surface area contributed by atoms with E-state index in [1.807, 2.05) is 6.92 Å². The molecular formula is C12H20O5S. The summed E-state index contributed by atoms with van der Waals surface area (Å²) < 4.78 is 43.6. The van der Waals surface area contributed by atoms with Gasteiger partial charge in [0.15, 0.2) is 0 Å². The molecule has 1 aliphatic carbocycles. The van der Waals surface area contributed by atoms with Crippen LogP contribution in [0.4, 0.5) is 0 Å². The zero-order chi connectivity index (χ0) is 13.0. The molecule has 0 aromatic carbocycles. The molecule has 3 rings (SSSR count). The fourth-order valence-electron chi connectivity index (χ4n) is 3.95. The van der Waals surface area contributed by atoms with Crippen LogP contribution in [0.25, 0.3) is 0 Å². The first kappa shape index (κ1) is 12.8. The fraction of sp³-hybridized carbons (Fsp3) is 1.00. The molecule has 1 saturated carbocycles. The van der Waals surface area contributed by atoms with E-state index in [2.05, 4.69) is 0 Å². The molecule has 18 heavy (non-hydrogen) atoms. The average Bonchev–Trinajstić information content (AvgIpc) is 2.83. The first-order valence-corrected chi connectivity index (χ1v) is 8.06. The van der Waals surface area contributed by atoms with E-state index in [1.54, 1.807) is 0 Å². The molecule has 0 bridgehead atoms. The van der Waals surface area contributed by atoms with Gasteiger partial charge in [0.05, 0.1) is 12.2 Å². The van der Waals surface area contributed by atoms with Crippen LogP contribution in [-0.4, -0.2) is 43.1 Å². The molecule has 4 atom stereocenters. The Balaban J connectivity index is 1.94. The van der Waals surface area contributed by atoms with Gasteiger partial charge in [0, 0.05) is 18.6 Å². The van der Waals surface area contributed by atoms with Crippen molar-refractivity contribution >= 4 is 10.1 Å². The lowest BCUT2D eigenvalue weighted by atomic mass is 9.93.